The normalized spacial score (nSPS) is 10.7. The third-order valence-electron chi connectivity index (χ3n) is 3.41. The lowest BCUT2D eigenvalue weighted by Crippen LogP contribution is -2.16. The van der Waals surface area contributed by atoms with Crippen molar-refractivity contribution in [2.45, 2.75) is 13.3 Å². The van der Waals surface area contributed by atoms with Gasteiger partial charge >= 0.3 is 6.01 Å². The van der Waals surface area contributed by atoms with E-state index in [9.17, 15) is 4.79 Å². The molecule has 0 amide bonds. The van der Waals surface area contributed by atoms with Crippen molar-refractivity contribution >= 4 is 29.1 Å². The summed E-state index contributed by atoms with van der Waals surface area (Å²) in [4.78, 5) is 17.3. The van der Waals surface area contributed by atoms with Crippen LogP contribution in [-0.4, -0.2) is 27.3 Å². The maximum absolute atomic E-state index is 12.9. The van der Waals surface area contributed by atoms with E-state index in [1.807, 2.05) is 37.3 Å². The minimum Gasteiger partial charge on any atom is -0.462 e. The monoisotopic (exact) mass is 375 g/mol. The zero-order valence-electron chi connectivity index (χ0n) is 13.4. The van der Waals surface area contributed by atoms with Gasteiger partial charge in [0.05, 0.1) is 17.2 Å². The molecule has 0 radical (unpaired) electrons. The van der Waals surface area contributed by atoms with E-state index in [0.717, 1.165) is 12.0 Å². The summed E-state index contributed by atoms with van der Waals surface area (Å²) in [6.07, 6.45) is 0.812. The maximum atomic E-state index is 12.9. The van der Waals surface area contributed by atoms with Gasteiger partial charge in [-0.25, -0.2) is 0 Å². The Morgan fingerprint density at radius 3 is 2.60 bits per heavy atom. The van der Waals surface area contributed by atoms with Crippen molar-refractivity contribution in [3.05, 3.63) is 64.1 Å². The van der Waals surface area contributed by atoms with Gasteiger partial charge in [0.15, 0.2) is 5.82 Å². The quantitative estimate of drug-likeness (QED) is 0.646. The maximum Gasteiger partial charge on any atom is 0.336 e. The van der Waals surface area contributed by atoms with Crippen molar-refractivity contribution < 1.29 is 9.53 Å². The summed E-state index contributed by atoms with van der Waals surface area (Å²) in [6, 6.07) is 14.1. The highest BCUT2D eigenvalue weighted by Gasteiger charge is 2.21. The van der Waals surface area contributed by atoms with E-state index in [0.29, 0.717) is 17.5 Å². The molecule has 0 atom stereocenters. The van der Waals surface area contributed by atoms with Crippen LogP contribution in [0.1, 0.15) is 23.7 Å². The summed E-state index contributed by atoms with van der Waals surface area (Å²) in [6.45, 7) is 2.45. The average molecular weight is 376 g/mol. The van der Waals surface area contributed by atoms with Crippen molar-refractivity contribution in [2.75, 3.05) is 6.61 Å². The predicted molar refractivity (Wildman–Crippen MR) is 97.4 cm³/mol. The smallest absolute Gasteiger partial charge is 0.336 e. The van der Waals surface area contributed by atoms with Crippen molar-refractivity contribution in [1.82, 2.24) is 14.8 Å². The number of carbonyl (C=O) groups is 1. The van der Waals surface area contributed by atoms with Gasteiger partial charge in [-0.05, 0) is 24.6 Å². The fourth-order valence-corrected chi connectivity index (χ4v) is 2.73. The number of nitrogens with zero attached hydrogens (tertiary/aromatic N) is 3. The second kappa shape index (κ2) is 7.68. The van der Waals surface area contributed by atoms with Crippen molar-refractivity contribution in [2.24, 2.45) is 0 Å². The molecule has 128 valence electrons. The van der Waals surface area contributed by atoms with Gasteiger partial charge in [-0.1, -0.05) is 60.5 Å². The predicted octanol–water partition coefficient (Wildman–Crippen LogP) is 4.73. The number of benzene rings is 2. The number of aromatic nitrogens is 3. The Bertz CT molecular complexity index is 895. The zero-order chi connectivity index (χ0) is 17.8. The summed E-state index contributed by atoms with van der Waals surface area (Å²) in [5.74, 6) is -0.0120. The van der Waals surface area contributed by atoms with Crippen molar-refractivity contribution in [3.63, 3.8) is 0 Å². The van der Waals surface area contributed by atoms with E-state index in [1.54, 1.807) is 12.1 Å². The lowest BCUT2D eigenvalue weighted by molar-refractivity contribution is 0.0945. The zero-order valence-corrected chi connectivity index (χ0v) is 15.0. The highest BCUT2D eigenvalue weighted by Crippen LogP contribution is 2.25. The molecule has 0 aliphatic carbocycles. The fraction of sp³-hybridized carbons (Fsp3) is 0.167. The van der Waals surface area contributed by atoms with Crippen LogP contribution < -0.4 is 4.74 Å². The number of rotatable bonds is 5. The van der Waals surface area contributed by atoms with E-state index in [-0.39, 0.29) is 16.6 Å². The van der Waals surface area contributed by atoms with Gasteiger partial charge in [0, 0.05) is 10.6 Å². The molecule has 0 saturated heterocycles. The minimum atomic E-state index is -0.403. The summed E-state index contributed by atoms with van der Waals surface area (Å²) in [7, 11) is 0. The molecule has 0 saturated carbocycles. The molecule has 7 heteroatoms. The molecule has 1 aromatic heterocycles. The topological polar surface area (TPSA) is 57.0 Å². The van der Waals surface area contributed by atoms with Crippen molar-refractivity contribution in [3.8, 4) is 17.4 Å². The lowest BCUT2D eigenvalue weighted by atomic mass is 10.2. The fourth-order valence-electron chi connectivity index (χ4n) is 2.24. The number of hydrogen-bond acceptors (Lipinski definition) is 4. The standard InChI is InChI=1S/C18H15Cl2N3O2/c1-2-10-25-18-21-16(12-6-4-3-5-7-12)23(22-18)17(24)14-9-8-13(19)11-15(14)20/h3-9,11H,2,10H2,1H3. The SMILES string of the molecule is CCCOc1nc(-c2ccccc2)n(C(=O)c2ccc(Cl)cc2Cl)n1. The number of hydrogen-bond donors (Lipinski definition) is 0. The third kappa shape index (κ3) is 3.83. The highest BCUT2D eigenvalue weighted by molar-refractivity contribution is 6.36. The highest BCUT2D eigenvalue weighted by atomic mass is 35.5. The summed E-state index contributed by atoms with van der Waals surface area (Å²) < 4.78 is 6.69. The molecule has 0 unspecified atom stereocenters. The van der Waals surface area contributed by atoms with Gasteiger partial charge in [-0.3, -0.25) is 4.79 Å². The van der Waals surface area contributed by atoms with Gasteiger partial charge in [0.25, 0.3) is 5.91 Å². The van der Waals surface area contributed by atoms with E-state index >= 15 is 0 Å². The van der Waals surface area contributed by atoms with Crippen LogP contribution in [0.3, 0.4) is 0 Å². The molecule has 0 spiro atoms. The Morgan fingerprint density at radius 1 is 1.16 bits per heavy atom. The van der Waals surface area contributed by atoms with Crippen LogP contribution in [0.5, 0.6) is 6.01 Å². The average Bonchev–Trinajstić information content (AvgIpc) is 3.04. The minimum absolute atomic E-state index is 0.152. The third-order valence-corrected chi connectivity index (χ3v) is 3.96. The molecule has 1 heterocycles. The number of ether oxygens (including phenoxy) is 1. The first kappa shape index (κ1) is 17.5. The van der Waals surface area contributed by atoms with Crippen LogP contribution in [0.15, 0.2) is 48.5 Å². The van der Waals surface area contributed by atoms with Crippen molar-refractivity contribution in [1.29, 1.82) is 0 Å². The number of halogens is 2. The van der Waals surface area contributed by atoms with Crippen LogP contribution >= 0.6 is 23.2 Å². The molecule has 0 N–H and O–H groups in total. The van der Waals surface area contributed by atoms with Gasteiger partial charge in [0.2, 0.25) is 0 Å². The largest absolute Gasteiger partial charge is 0.462 e. The Hall–Kier alpha value is -2.37. The molecule has 0 bridgehead atoms. The van der Waals surface area contributed by atoms with Gasteiger partial charge in [-0.15, -0.1) is 5.10 Å². The molecule has 0 fully saturated rings. The van der Waals surface area contributed by atoms with Crippen LogP contribution in [0.25, 0.3) is 11.4 Å². The molecular formula is C18H15Cl2N3O2. The Kier molecular flexibility index (Phi) is 5.36. The molecule has 5 nitrogen and oxygen atoms in total. The second-order valence-electron chi connectivity index (χ2n) is 5.27. The first-order valence-electron chi connectivity index (χ1n) is 7.75. The first-order chi connectivity index (χ1) is 12.1. The van der Waals surface area contributed by atoms with Gasteiger partial charge in [-0.2, -0.15) is 9.67 Å². The molecular weight excluding hydrogens is 361 g/mol. The summed E-state index contributed by atoms with van der Waals surface area (Å²) in [5, 5.41) is 4.91. The molecule has 3 rings (SSSR count). The summed E-state index contributed by atoms with van der Waals surface area (Å²) >= 11 is 12.1. The Balaban J connectivity index is 2.07. The molecule has 0 aliphatic rings. The summed E-state index contributed by atoms with van der Waals surface area (Å²) in [5.41, 5.74) is 1.04. The van der Waals surface area contributed by atoms with Crippen LogP contribution in [-0.2, 0) is 0 Å². The van der Waals surface area contributed by atoms with E-state index in [2.05, 4.69) is 10.1 Å². The van der Waals surface area contributed by atoms with E-state index < -0.39 is 5.91 Å². The lowest BCUT2D eigenvalue weighted by Gasteiger charge is -2.06. The molecule has 2 aromatic carbocycles. The molecule has 0 aliphatic heterocycles. The Morgan fingerprint density at radius 2 is 1.92 bits per heavy atom. The second-order valence-corrected chi connectivity index (χ2v) is 6.12. The van der Waals surface area contributed by atoms with Gasteiger partial charge in [0.1, 0.15) is 0 Å². The van der Waals surface area contributed by atoms with Crippen LogP contribution in [0.2, 0.25) is 10.0 Å². The molecule has 3 aromatic rings. The first-order valence-corrected chi connectivity index (χ1v) is 8.50. The Labute approximate surface area is 155 Å². The van der Waals surface area contributed by atoms with Crippen LogP contribution in [0, 0.1) is 0 Å². The van der Waals surface area contributed by atoms with E-state index in [1.165, 1.54) is 10.7 Å². The molecule has 25 heavy (non-hydrogen) atoms. The van der Waals surface area contributed by atoms with Gasteiger partial charge < -0.3 is 4.74 Å². The van der Waals surface area contributed by atoms with E-state index in [4.69, 9.17) is 27.9 Å². The number of carbonyl (C=O) groups excluding carboxylic acids is 1. The van der Waals surface area contributed by atoms with Crippen LogP contribution in [0.4, 0.5) is 0 Å².